The van der Waals surface area contributed by atoms with E-state index >= 15 is 0 Å². The molecule has 1 unspecified atom stereocenters. The minimum atomic E-state index is -3.41. The number of thiazole rings is 2. The summed E-state index contributed by atoms with van der Waals surface area (Å²) in [5, 5.41) is 9.94. The maximum atomic E-state index is 13.0. The van der Waals surface area contributed by atoms with E-state index in [9.17, 15) is 22.2 Å². The van der Waals surface area contributed by atoms with Gasteiger partial charge in [0, 0.05) is 37.4 Å². The fourth-order valence-corrected chi connectivity index (χ4v) is 9.66. The van der Waals surface area contributed by atoms with Gasteiger partial charge in [-0.2, -0.15) is 10.2 Å². The second-order valence-electron chi connectivity index (χ2n) is 12.1. The average Bonchev–Trinajstić information content (AvgIpc) is 3.90. The van der Waals surface area contributed by atoms with Crippen molar-refractivity contribution in [3.8, 4) is 11.5 Å². The molecule has 1 atom stereocenters. The molecule has 19 heteroatoms. The molecule has 0 aliphatic carbocycles. The van der Waals surface area contributed by atoms with Crippen LogP contribution in [0.2, 0.25) is 0 Å². The molecule has 0 aliphatic heterocycles. The second kappa shape index (κ2) is 14.0. The highest BCUT2D eigenvalue weighted by atomic mass is 32.2. The first-order chi connectivity index (χ1) is 25.3. The predicted molar refractivity (Wildman–Crippen MR) is 206 cm³/mol. The van der Waals surface area contributed by atoms with E-state index < -0.39 is 20.6 Å². The number of aromatic nitrogens is 8. The Morgan fingerprint density at radius 1 is 0.755 bits per heavy atom. The summed E-state index contributed by atoms with van der Waals surface area (Å²) in [6, 6.07) is 15.0. The molecule has 0 amide bonds. The van der Waals surface area contributed by atoms with Gasteiger partial charge in [0.05, 0.1) is 59.9 Å². The molecule has 0 spiro atoms. The minimum absolute atomic E-state index is 0.0329. The Balaban J connectivity index is 0.000000164. The zero-order valence-electron chi connectivity index (χ0n) is 29.3. The molecule has 0 fully saturated rings. The van der Waals surface area contributed by atoms with Crippen LogP contribution in [0, 0.1) is 0 Å². The number of rotatable bonds is 8. The van der Waals surface area contributed by atoms with Crippen molar-refractivity contribution in [2.45, 2.75) is 21.8 Å². The average molecular weight is 793 g/mol. The van der Waals surface area contributed by atoms with Crippen LogP contribution in [0.1, 0.15) is 11.1 Å². The van der Waals surface area contributed by atoms with E-state index in [4.69, 9.17) is 9.47 Å². The van der Waals surface area contributed by atoms with Gasteiger partial charge in [-0.1, -0.05) is 24.3 Å². The third-order valence-corrected chi connectivity index (χ3v) is 13.7. The van der Waals surface area contributed by atoms with E-state index in [-0.39, 0.29) is 15.5 Å². The van der Waals surface area contributed by atoms with Crippen LogP contribution < -0.4 is 20.6 Å². The lowest BCUT2D eigenvalue weighted by Crippen LogP contribution is -2.24. The Bertz CT molecular complexity index is 2970. The van der Waals surface area contributed by atoms with E-state index in [1.165, 1.54) is 20.7 Å². The van der Waals surface area contributed by atoms with Crippen LogP contribution in [-0.4, -0.2) is 78.0 Å². The van der Waals surface area contributed by atoms with Crippen LogP contribution >= 0.6 is 22.7 Å². The van der Waals surface area contributed by atoms with Crippen molar-refractivity contribution in [1.82, 2.24) is 38.7 Å². The lowest BCUT2D eigenvalue weighted by Gasteiger charge is -2.07. The van der Waals surface area contributed by atoms with Crippen LogP contribution in [0.15, 0.2) is 79.2 Å². The van der Waals surface area contributed by atoms with Gasteiger partial charge >= 0.3 is 0 Å². The summed E-state index contributed by atoms with van der Waals surface area (Å²) in [6.45, 7) is 0.648. The van der Waals surface area contributed by atoms with Crippen molar-refractivity contribution in [3.05, 3.63) is 92.8 Å². The smallest absolute Gasteiger partial charge is 0.291 e. The molecule has 15 nitrogen and oxygen atoms in total. The molecule has 6 aromatic heterocycles. The fraction of sp³-hybridized carbons (Fsp3) is 0.235. The lowest BCUT2D eigenvalue weighted by atomic mass is 10.2. The largest absolute Gasteiger partial charge is 0.497 e. The van der Waals surface area contributed by atoms with Crippen LogP contribution in [0.5, 0.6) is 11.5 Å². The highest BCUT2D eigenvalue weighted by molar-refractivity contribution is 7.92. The zero-order chi connectivity index (χ0) is 37.8. The third-order valence-electron chi connectivity index (χ3n) is 8.51. The van der Waals surface area contributed by atoms with Crippen LogP contribution in [0.25, 0.3) is 42.5 Å². The molecule has 2 aromatic carbocycles. The van der Waals surface area contributed by atoms with Crippen LogP contribution in [-0.2, 0) is 47.8 Å². The molecule has 0 saturated carbocycles. The molecule has 53 heavy (non-hydrogen) atoms. The number of fused-ring (bicyclic) bond motifs is 6. The number of aryl methyl sites for hydroxylation is 2. The normalized spacial score (nSPS) is 12.4. The van der Waals surface area contributed by atoms with Gasteiger partial charge in [-0.25, -0.2) is 27.7 Å². The van der Waals surface area contributed by atoms with E-state index in [0.29, 0.717) is 55.6 Å². The molecule has 0 saturated heterocycles. The predicted octanol–water partition coefficient (Wildman–Crippen LogP) is 3.94. The molecule has 274 valence electrons. The van der Waals surface area contributed by atoms with Gasteiger partial charge in [0.2, 0.25) is 14.2 Å². The number of benzene rings is 2. The first kappa shape index (κ1) is 36.1. The van der Waals surface area contributed by atoms with Crippen molar-refractivity contribution >= 4 is 85.8 Å². The Morgan fingerprint density at radius 2 is 1.23 bits per heavy atom. The molecule has 6 heterocycles. The molecule has 8 rings (SSSR count). The monoisotopic (exact) mass is 792 g/mol. The number of methoxy groups -OCH3 is 2. The first-order valence-electron chi connectivity index (χ1n) is 15.8. The van der Waals surface area contributed by atoms with Gasteiger partial charge in [-0.3, -0.25) is 13.8 Å². The van der Waals surface area contributed by atoms with Gasteiger partial charge in [0.15, 0.2) is 15.6 Å². The first-order valence-corrected chi connectivity index (χ1v) is 20.9. The number of hydrogen-bond donors (Lipinski definition) is 0. The molecule has 0 N–H and O–H groups in total. The SMILES string of the molecule is COc1cccc(Cn2ncc3c4sc(S(C)(=O)=O)nc4n(C)c3c2=O)c1.COc1cccc(Cn2ncc3c4sc(S(C)=O)nc4n(C)c3c2=O)c1. The van der Waals surface area contributed by atoms with Gasteiger partial charge in [0.1, 0.15) is 22.5 Å². The maximum Gasteiger partial charge on any atom is 0.291 e. The molecule has 0 bridgehead atoms. The zero-order valence-corrected chi connectivity index (χ0v) is 32.5. The van der Waals surface area contributed by atoms with Gasteiger partial charge < -0.3 is 18.6 Å². The Labute approximate surface area is 312 Å². The van der Waals surface area contributed by atoms with Gasteiger partial charge in [-0.05, 0) is 35.4 Å². The number of hydrogen-bond acceptors (Lipinski definition) is 13. The quantitative estimate of drug-likeness (QED) is 0.218. The summed E-state index contributed by atoms with van der Waals surface area (Å²) in [6.07, 6.45) is 5.98. The van der Waals surface area contributed by atoms with Crippen molar-refractivity contribution < 1.29 is 22.1 Å². The van der Waals surface area contributed by atoms with Gasteiger partial charge in [-0.15, -0.1) is 22.7 Å². The summed E-state index contributed by atoms with van der Waals surface area (Å²) in [5.41, 5.74) is 3.49. The molecule has 0 radical (unpaired) electrons. The van der Waals surface area contributed by atoms with E-state index in [0.717, 1.165) is 44.6 Å². The van der Waals surface area contributed by atoms with Crippen molar-refractivity contribution in [1.29, 1.82) is 0 Å². The second-order valence-corrected chi connectivity index (χ2v) is 17.8. The molecular formula is C34H32N8O7S4. The van der Waals surface area contributed by atoms with Crippen molar-refractivity contribution in [2.75, 3.05) is 26.7 Å². The maximum absolute atomic E-state index is 13.0. The topological polar surface area (TPSA) is 175 Å². The Kier molecular flexibility index (Phi) is 9.51. The minimum Gasteiger partial charge on any atom is -0.497 e. The summed E-state index contributed by atoms with van der Waals surface area (Å²) in [7, 11) is 2.13. The van der Waals surface area contributed by atoms with Crippen molar-refractivity contribution in [3.63, 3.8) is 0 Å². The summed E-state index contributed by atoms with van der Waals surface area (Å²) >= 11 is 2.40. The number of nitrogens with zero attached hydrogens (tertiary/aromatic N) is 8. The lowest BCUT2D eigenvalue weighted by molar-refractivity contribution is 0.414. The molecule has 0 aliphatic rings. The Hall–Kier alpha value is -5.24. The van der Waals surface area contributed by atoms with Crippen molar-refractivity contribution in [2.24, 2.45) is 14.1 Å². The highest BCUT2D eigenvalue weighted by Crippen LogP contribution is 2.33. The number of sulfone groups is 1. The molecule has 8 aromatic rings. The molecular weight excluding hydrogens is 761 g/mol. The Morgan fingerprint density at radius 3 is 1.68 bits per heavy atom. The fourth-order valence-electron chi connectivity index (χ4n) is 5.94. The van der Waals surface area contributed by atoms with E-state index in [1.807, 2.05) is 48.5 Å². The van der Waals surface area contributed by atoms with Crippen LogP contribution in [0.4, 0.5) is 0 Å². The standard InChI is InChI=1S/C17H16N4O4S2.C17H16N4O3S2/c1-20-13-12(14-15(20)19-17(26-14)27(3,23)24)8-18-21(16(13)22)9-10-5-4-6-11(7-10)25-2;1-20-13-12(14-15(20)19-17(25-14)26(3)23)8-18-21(16(13)22)9-10-5-4-6-11(7-10)24-2/h4-8H,9H2,1-3H3;4-8H,9H2,1-3H3. The number of ether oxygens (including phenoxy) is 2. The summed E-state index contributed by atoms with van der Waals surface area (Å²) in [4.78, 5) is 34.5. The van der Waals surface area contributed by atoms with E-state index in [2.05, 4.69) is 20.2 Å². The highest BCUT2D eigenvalue weighted by Gasteiger charge is 2.22. The summed E-state index contributed by atoms with van der Waals surface area (Å²) < 4.78 is 53.9. The summed E-state index contributed by atoms with van der Waals surface area (Å²) in [5.74, 6) is 1.44. The van der Waals surface area contributed by atoms with Gasteiger partial charge in [0.25, 0.3) is 11.1 Å². The van der Waals surface area contributed by atoms with Crippen LogP contribution in [0.3, 0.4) is 0 Å². The third kappa shape index (κ3) is 6.64. The van der Waals surface area contributed by atoms with E-state index in [1.54, 1.807) is 56.1 Å².